The molecule has 0 spiro atoms. The molecule has 1 rings (SSSR count). The normalized spacial score (nSPS) is 10.4. The summed E-state index contributed by atoms with van der Waals surface area (Å²) >= 11 is 6.01. The molecule has 4 nitrogen and oxygen atoms in total. The molecule has 0 aliphatic rings. The monoisotopic (exact) mass is 259 g/mol. The Morgan fingerprint density at radius 3 is 2.53 bits per heavy atom. The first-order chi connectivity index (χ1) is 8.22. The van der Waals surface area contributed by atoms with E-state index in [0.29, 0.717) is 29.7 Å². The van der Waals surface area contributed by atoms with Crippen LogP contribution in [0.5, 0.6) is 11.5 Å². The van der Waals surface area contributed by atoms with Gasteiger partial charge in [0.15, 0.2) is 11.5 Å². The highest BCUT2D eigenvalue weighted by atomic mass is 35.5. The first-order valence-corrected chi connectivity index (χ1v) is 5.70. The molecular weight excluding hydrogens is 242 g/mol. The summed E-state index contributed by atoms with van der Waals surface area (Å²) < 4.78 is 15.5. The van der Waals surface area contributed by atoms with Gasteiger partial charge in [-0.1, -0.05) is 11.6 Å². The van der Waals surface area contributed by atoms with Crippen molar-refractivity contribution in [1.82, 2.24) is 5.32 Å². The molecule has 0 amide bonds. The lowest BCUT2D eigenvalue weighted by Gasteiger charge is -2.14. The summed E-state index contributed by atoms with van der Waals surface area (Å²) in [7, 11) is 4.88. The maximum atomic E-state index is 6.01. The van der Waals surface area contributed by atoms with Crippen LogP contribution in [0.4, 0.5) is 0 Å². The number of rotatable bonds is 7. The Kier molecular flexibility index (Phi) is 6.11. The Morgan fingerprint density at radius 1 is 1.18 bits per heavy atom. The molecule has 96 valence electrons. The van der Waals surface area contributed by atoms with Gasteiger partial charge in [0.1, 0.15) is 0 Å². The largest absolute Gasteiger partial charge is 0.493 e. The fourth-order valence-corrected chi connectivity index (χ4v) is 1.77. The zero-order valence-corrected chi connectivity index (χ0v) is 11.1. The van der Waals surface area contributed by atoms with Crippen LogP contribution in [-0.4, -0.2) is 34.5 Å². The van der Waals surface area contributed by atoms with Crippen molar-refractivity contribution in [3.8, 4) is 11.5 Å². The van der Waals surface area contributed by atoms with Gasteiger partial charge in [-0.3, -0.25) is 0 Å². The summed E-state index contributed by atoms with van der Waals surface area (Å²) in [6.45, 7) is 2.10. The number of nitrogens with one attached hydrogen (secondary N) is 1. The quantitative estimate of drug-likeness (QED) is 0.762. The molecule has 1 aromatic rings. The van der Waals surface area contributed by atoms with E-state index in [4.69, 9.17) is 25.8 Å². The molecular formula is C12H18ClNO3. The summed E-state index contributed by atoms with van der Waals surface area (Å²) in [5.41, 5.74) is 0.966. The minimum Gasteiger partial charge on any atom is -0.493 e. The van der Waals surface area contributed by atoms with E-state index in [1.54, 1.807) is 27.4 Å². The van der Waals surface area contributed by atoms with Crippen molar-refractivity contribution in [3.05, 3.63) is 22.7 Å². The number of ether oxygens (including phenoxy) is 3. The van der Waals surface area contributed by atoms with Crippen molar-refractivity contribution < 1.29 is 14.2 Å². The van der Waals surface area contributed by atoms with E-state index in [0.717, 1.165) is 12.1 Å². The average molecular weight is 260 g/mol. The van der Waals surface area contributed by atoms with Crippen molar-refractivity contribution in [1.29, 1.82) is 0 Å². The molecule has 0 aliphatic heterocycles. The summed E-state index contributed by atoms with van der Waals surface area (Å²) in [6.07, 6.45) is 0. The molecule has 0 saturated carbocycles. The molecule has 0 atom stereocenters. The summed E-state index contributed by atoms with van der Waals surface area (Å²) in [4.78, 5) is 0. The second-order valence-electron chi connectivity index (χ2n) is 3.47. The van der Waals surface area contributed by atoms with Gasteiger partial charge in [-0.25, -0.2) is 0 Å². The molecule has 0 fully saturated rings. The van der Waals surface area contributed by atoms with E-state index in [1.807, 2.05) is 6.07 Å². The van der Waals surface area contributed by atoms with Crippen molar-refractivity contribution >= 4 is 11.6 Å². The van der Waals surface area contributed by atoms with Gasteiger partial charge >= 0.3 is 0 Å². The molecule has 1 N–H and O–H groups in total. The SMILES string of the molecule is COCCNCc1cc(Cl)cc(OC)c1OC. The summed E-state index contributed by atoms with van der Waals surface area (Å²) in [5.74, 6) is 1.35. The van der Waals surface area contributed by atoms with Crippen molar-refractivity contribution in [2.75, 3.05) is 34.5 Å². The number of methoxy groups -OCH3 is 3. The lowest BCUT2D eigenvalue weighted by atomic mass is 10.2. The molecule has 1 aromatic carbocycles. The number of hydrogen-bond donors (Lipinski definition) is 1. The van der Waals surface area contributed by atoms with Crippen molar-refractivity contribution in [3.63, 3.8) is 0 Å². The number of hydrogen-bond acceptors (Lipinski definition) is 4. The smallest absolute Gasteiger partial charge is 0.165 e. The molecule has 0 aromatic heterocycles. The van der Waals surface area contributed by atoms with Crippen LogP contribution in [-0.2, 0) is 11.3 Å². The third-order valence-corrected chi connectivity index (χ3v) is 2.54. The van der Waals surface area contributed by atoms with Crippen LogP contribution >= 0.6 is 11.6 Å². The molecule has 17 heavy (non-hydrogen) atoms. The first kappa shape index (κ1) is 14.1. The van der Waals surface area contributed by atoms with Crippen molar-refractivity contribution in [2.24, 2.45) is 0 Å². The molecule has 0 saturated heterocycles. The van der Waals surface area contributed by atoms with Crippen LogP contribution in [0.2, 0.25) is 5.02 Å². The van der Waals surface area contributed by atoms with E-state index in [-0.39, 0.29) is 0 Å². The third-order valence-electron chi connectivity index (χ3n) is 2.32. The maximum Gasteiger partial charge on any atom is 0.165 e. The molecule has 0 radical (unpaired) electrons. The second kappa shape index (κ2) is 7.37. The number of halogens is 1. The molecule has 0 bridgehead atoms. The lowest BCUT2D eigenvalue weighted by Crippen LogP contribution is -2.19. The van der Waals surface area contributed by atoms with Crippen LogP contribution in [0, 0.1) is 0 Å². The van der Waals surface area contributed by atoms with E-state index in [2.05, 4.69) is 5.32 Å². The maximum absolute atomic E-state index is 6.01. The minimum atomic E-state index is 0.631. The van der Waals surface area contributed by atoms with Gasteiger partial charge in [-0.05, 0) is 6.07 Å². The molecule has 0 heterocycles. The Hall–Kier alpha value is -0.970. The van der Waals surface area contributed by atoms with Gasteiger partial charge in [0, 0.05) is 36.9 Å². The fraction of sp³-hybridized carbons (Fsp3) is 0.500. The highest BCUT2D eigenvalue weighted by Crippen LogP contribution is 2.34. The highest BCUT2D eigenvalue weighted by molar-refractivity contribution is 6.30. The van der Waals surface area contributed by atoms with Gasteiger partial charge in [0.25, 0.3) is 0 Å². The predicted molar refractivity (Wildman–Crippen MR) is 68.1 cm³/mol. The Balaban J connectivity index is 2.78. The van der Waals surface area contributed by atoms with Gasteiger partial charge in [0.05, 0.1) is 20.8 Å². The summed E-state index contributed by atoms with van der Waals surface area (Å²) in [5, 5.41) is 3.87. The van der Waals surface area contributed by atoms with Crippen LogP contribution in [0.3, 0.4) is 0 Å². The Bertz CT molecular complexity index is 358. The molecule has 0 aliphatic carbocycles. The molecule has 0 unspecified atom stereocenters. The van der Waals surface area contributed by atoms with Gasteiger partial charge < -0.3 is 19.5 Å². The first-order valence-electron chi connectivity index (χ1n) is 5.33. The van der Waals surface area contributed by atoms with Crippen LogP contribution in [0.25, 0.3) is 0 Å². The predicted octanol–water partition coefficient (Wildman–Crippen LogP) is 2.09. The number of benzene rings is 1. The van der Waals surface area contributed by atoms with Crippen LogP contribution < -0.4 is 14.8 Å². The van der Waals surface area contributed by atoms with E-state index >= 15 is 0 Å². The zero-order valence-electron chi connectivity index (χ0n) is 10.4. The van der Waals surface area contributed by atoms with Gasteiger partial charge in [0.2, 0.25) is 0 Å². The minimum absolute atomic E-state index is 0.631. The van der Waals surface area contributed by atoms with Crippen molar-refractivity contribution in [2.45, 2.75) is 6.54 Å². The Morgan fingerprint density at radius 2 is 1.94 bits per heavy atom. The molecule has 5 heteroatoms. The van der Waals surface area contributed by atoms with E-state index < -0.39 is 0 Å². The average Bonchev–Trinajstić information content (AvgIpc) is 2.33. The lowest BCUT2D eigenvalue weighted by molar-refractivity contribution is 0.199. The van der Waals surface area contributed by atoms with Gasteiger partial charge in [-0.2, -0.15) is 0 Å². The van der Waals surface area contributed by atoms with Crippen LogP contribution in [0.1, 0.15) is 5.56 Å². The second-order valence-corrected chi connectivity index (χ2v) is 3.91. The standard InChI is InChI=1S/C12H18ClNO3/c1-15-5-4-14-8-9-6-10(13)7-11(16-2)12(9)17-3/h6-7,14H,4-5,8H2,1-3H3. The highest BCUT2D eigenvalue weighted by Gasteiger charge is 2.11. The van der Waals surface area contributed by atoms with Crippen LogP contribution in [0.15, 0.2) is 12.1 Å². The Labute approximate surface area is 107 Å². The van der Waals surface area contributed by atoms with Gasteiger partial charge in [-0.15, -0.1) is 0 Å². The van der Waals surface area contributed by atoms with E-state index in [1.165, 1.54) is 0 Å². The zero-order chi connectivity index (χ0) is 12.7. The third kappa shape index (κ3) is 4.07. The fourth-order valence-electron chi connectivity index (χ4n) is 1.53. The summed E-state index contributed by atoms with van der Waals surface area (Å²) in [6, 6.07) is 3.60. The van der Waals surface area contributed by atoms with E-state index in [9.17, 15) is 0 Å². The topological polar surface area (TPSA) is 39.7 Å².